The Kier molecular flexibility index (Phi) is 4.09. The second-order valence-corrected chi connectivity index (χ2v) is 8.71. The van der Waals surface area contributed by atoms with E-state index in [0.29, 0.717) is 18.0 Å². The van der Waals surface area contributed by atoms with Crippen molar-refractivity contribution in [3.63, 3.8) is 0 Å². The zero-order chi connectivity index (χ0) is 19.4. The molecule has 150 valence electrons. The average Bonchev–Trinajstić information content (AvgIpc) is 3.42. The number of hydrogen-bond acceptors (Lipinski definition) is 6. The lowest BCUT2D eigenvalue weighted by atomic mass is 9.75. The first-order chi connectivity index (χ1) is 14.3. The summed E-state index contributed by atoms with van der Waals surface area (Å²) in [4.78, 5) is 5.46. The number of hydrogen-bond donors (Lipinski definition) is 0. The van der Waals surface area contributed by atoms with E-state index in [-0.39, 0.29) is 0 Å². The maximum atomic E-state index is 5.38. The summed E-state index contributed by atoms with van der Waals surface area (Å²) in [5.41, 5.74) is 4.39. The van der Waals surface area contributed by atoms with E-state index in [9.17, 15) is 0 Å². The monoisotopic (exact) mass is 390 g/mol. The highest BCUT2D eigenvalue weighted by Gasteiger charge is 2.53. The highest BCUT2D eigenvalue weighted by atomic mass is 16.6. The highest BCUT2D eigenvalue weighted by Crippen LogP contribution is 2.47. The van der Waals surface area contributed by atoms with Crippen LogP contribution in [0.2, 0.25) is 0 Å². The smallest absolute Gasteiger partial charge is 0.139 e. The van der Waals surface area contributed by atoms with Gasteiger partial charge in [-0.3, -0.25) is 9.80 Å². The lowest BCUT2D eigenvalue weighted by Crippen LogP contribution is -2.59. The second-order valence-electron chi connectivity index (χ2n) is 8.71. The van der Waals surface area contributed by atoms with Gasteiger partial charge in [0.25, 0.3) is 0 Å². The molecule has 6 nitrogen and oxygen atoms in total. The van der Waals surface area contributed by atoms with E-state index in [1.165, 1.54) is 37.1 Å². The first-order valence-corrected chi connectivity index (χ1v) is 10.6. The van der Waals surface area contributed by atoms with Crippen molar-refractivity contribution in [3.8, 4) is 5.75 Å². The van der Waals surface area contributed by atoms with E-state index < -0.39 is 0 Å². The number of ether oxygens (including phenoxy) is 1. The highest BCUT2D eigenvalue weighted by molar-refractivity contribution is 5.76. The van der Waals surface area contributed by atoms with Crippen LogP contribution < -0.4 is 4.74 Å². The van der Waals surface area contributed by atoms with Gasteiger partial charge in [0.05, 0.1) is 7.11 Å². The van der Waals surface area contributed by atoms with Gasteiger partial charge in [-0.25, -0.2) is 4.63 Å². The Morgan fingerprint density at radius 2 is 1.86 bits per heavy atom. The molecule has 3 atom stereocenters. The van der Waals surface area contributed by atoms with E-state index in [1.54, 1.807) is 7.11 Å². The van der Waals surface area contributed by atoms with Crippen molar-refractivity contribution < 1.29 is 9.37 Å². The Hall–Kier alpha value is -2.44. The molecule has 0 amide bonds. The number of piperidine rings is 3. The summed E-state index contributed by atoms with van der Waals surface area (Å²) in [6.07, 6.45) is 2.64. The predicted molar refractivity (Wildman–Crippen MR) is 110 cm³/mol. The molecule has 7 rings (SSSR count). The lowest BCUT2D eigenvalue weighted by molar-refractivity contribution is -0.00861. The molecule has 4 aliphatic rings. The quantitative estimate of drug-likeness (QED) is 0.681. The van der Waals surface area contributed by atoms with E-state index in [4.69, 9.17) is 9.37 Å². The largest absolute Gasteiger partial charge is 0.497 e. The minimum absolute atomic E-state index is 0.531. The number of aromatic nitrogens is 2. The summed E-state index contributed by atoms with van der Waals surface area (Å²) in [7, 11) is 1.73. The summed E-state index contributed by atoms with van der Waals surface area (Å²) in [6.45, 7) is 4.48. The van der Waals surface area contributed by atoms with Crippen LogP contribution in [0.25, 0.3) is 11.0 Å². The molecule has 6 heteroatoms. The van der Waals surface area contributed by atoms with Gasteiger partial charge in [-0.1, -0.05) is 24.3 Å². The van der Waals surface area contributed by atoms with Crippen molar-refractivity contribution >= 4 is 11.0 Å². The summed E-state index contributed by atoms with van der Waals surface area (Å²) in [5.74, 6) is 2.25. The fraction of sp³-hybridized carbons (Fsp3) is 0.478. The molecule has 29 heavy (non-hydrogen) atoms. The summed E-state index contributed by atoms with van der Waals surface area (Å²) >= 11 is 0. The van der Waals surface area contributed by atoms with Crippen molar-refractivity contribution in [1.29, 1.82) is 0 Å². The van der Waals surface area contributed by atoms with Gasteiger partial charge in [-0.05, 0) is 71.5 Å². The van der Waals surface area contributed by atoms with Crippen LogP contribution in [0, 0.1) is 5.92 Å². The Bertz CT molecular complexity index is 1010. The maximum Gasteiger partial charge on any atom is 0.139 e. The van der Waals surface area contributed by atoms with Crippen molar-refractivity contribution in [2.24, 2.45) is 5.92 Å². The third-order valence-electron chi connectivity index (χ3n) is 7.38. The maximum absolute atomic E-state index is 5.38. The third kappa shape index (κ3) is 2.77. The first-order valence-electron chi connectivity index (χ1n) is 10.6. The Labute approximate surface area is 170 Å². The van der Waals surface area contributed by atoms with Crippen molar-refractivity contribution in [1.82, 2.24) is 20.1 Å². The Morgan fingerprint density at radius 1 is 1.03 bits per heavy atom. The van der Waals surface area contributed by atoms with Crippen LogP contribution in [0.3, 0.4) is 0 Å². The van der Waals surface area contributed by atoms with Gasteiger partial charge < -0.3 is 4.74 Å². The van der Waals surface area contributed by atoms with E-state index in [1.807, 2.05) is 6.07 Å². The zero-order valence-electron chi connectivity index (χ0n) is 16.7. The molecule has 4 saturated heterocycles. The Balaban J connectivity index is 1.35. The average molecular weight is 390 g/mol. The molecule has 0 N–H and O–H groups in total. The molecule has 0 radical (unpaired) electrons. The van der Waals surface area contributed by atoms with Crippen LogP contribution in [0.15, 0.2) is 47.1 Å². The number of methoxy groups -OCH3 is 1. The van der Waals surface area contributed by atoms with Crippen LogP contribution >= 0.6 is 0 Å². The number of fused-ring (bicyclic) bond motifs is 3. The molecule has 5 heterocycles. The fourth-order valence-electron chi connectivity index (χ4n) is 6.08. The van der Waals surface area contributed by atoms with Gasteiger partial charge in [0.1, 0.15) is 16.8 Å². The minimum Gasteiger partial charge on any atom is -0.497 e. The van der Waals surface area contributed by atoms with Crippen molar-refractivity contribution in [2.45, 2.75) is 37.4 Å². The van der Waals surface area contributed by atoms with Gasteiger partial charge >= 0.3 is 0 Å². The molecule has 3 aromatic rings. The molecule has 2 aromatic carbocycles. The summed E-state index contributed by atoms with van der Waals surface area (Å²) in [5, 5.41) is 8.20. The first kappa shape index (κ1) is 17.4. The summed E-state index contributed by atoms with van der Waals surface area (Å²) in [6, 6.07) is 16.1. The molecule has 0 unspecified atom stereocenters. The molecule has 4 fully saturated rings. The van der Waals surface area contributed by atoms with Gasteiger partial charge in [0, 0.05) is 31.1 Å². The second kappa shape index (κ2) is 6.82. The van der Waals surface area contributed by atoms with Gasteiger partial charge in [-0.15, -0.1) is 0 Å². The molecule has 0 aliphatic carbocycles. The Morgan fingerprint density at radius 3 is 2.66 bits per heavy atom. The molecule has 0 spiro atoms. The van der Waals surface area contributed by atoms with Crippen molar-refractivity contribution in [3.05, 3.63) is 53.6 Å². The molecular formula is C23H26N4O2. The number of nitrogens with zero attached hydrogens (tertiary/aromatic N) is 4. The molecule has 4 aliphatic heterocycles. The standard InChI is InChI=1S/C23H26N4O2/c1-28-18-7-5-15(6-8-18)19-14-27(22-16-9-11-26(12-10-16)23(19)22)13-17-3-2-4-20-21(17)25-29-24-20/h2-8,16,19,22-23H,9-14H2,1H3/t19-,22+,23+/m0/s1. The minimum atomic E-state index is 0.531. The summed E-state index contributed by atoms with van der Waals surface area (Å²) < 4.78 is 10.4. The van der Waals surface area contributed by atoms with Crippen LogP contribution in [0.1, 0.15) is 29.9 Å². The van der Waals surface area contributed by atoms with Gasteiger partial charge in [-0.2, -0.15) is 0 Å². The van der Waals surface area contributed by atoms with Crippen LogP contribution in [-0.2, 0) is 6.54 Å². The van der Waals surface area contributed by atoms with Crippen LogP contribution in [0.5, 0.6) is 5.75 Å². The van der Waals surface area contributed by atoms with Gasteiger partial charge in [0.2, 0.25) is 0 Å². The van der Waals surface area contributed by atoms with E-state index >= 15 is 0 Å². The van der Waals surface area contributed by atoms with E-state index in [0.717, 1.165) is 35.8 Å². The topological polar surface area (TPSA) is 54.6 Å². The van der Waals surface area contributed by atoms with Gasteiger partial charge in [0.15, 0.2) is 0 Å². The van der Waals surface area contributed by atoms with Crippen LogP contribution in [-0.4, -0.2) is 58.9 Å². The lowest BCUT2D eigenvalue weighted by Gasteiger charge is -2.51. The molecule has 2 bridgehead atoms. The number of rotatable bonds is 4. The number of benzene rings is 2. The van der Waals surface area contributed by atoms with Crippen LogP contribution in [0.4, 0.5) is 0 Å². The third-order valence-corrected chi connectivity index (χ3v) is 7.38. The molecule has 1 aromatic heterocycles. The van der Waals surface area contributed by atoms with Crippen molar-refractivity contribution in [2.75, 3.05) is 26.7 Å². The number of likely N-dealkylation sites (tertiary alicyclic amines) is 1. The van der Waals surface area contributed by atoms with E-state index in [2.05, 4.69) is 56.5 Å². The predicted octanol–water partition coefficient (Wildman–Crippen LogP) is 3.29. The normalized spacial score (nSPS) is 31.3. The SMILES string of the molecule is COc1ccc([C@@H]2CN(Cc3cccc4nonc34)[C@@H]3C4CCN(CC4)[C@@H]32)cc1. The fourth-order valence-corrected chi connectivity index (χ4v) is 6.08. The zero-order valence-corrected chi connectivity index (χ0v) is 16.7. The molecular weight excluding hydrogens is 364 g/mol. The molecule has 0 saturated carbocycles.